The number of aromatic nitrogens is 2. The summed E-state index contributed by atoms with van der Waals surface area (Å²) in [6.45, 7) is 4.91. The zero-order valence-corrected chi connectivity index (χ0v) is 19.2. The molecule has 1 saturated heterocycles. The first-order chi connectivity index (χ1) is 14.9. The number of carbonyl (C=O) groups is 3. The van der Waals surface area contributed by atoms with E-state index in [9.17, 15) is 14.4 Å². The number of thioether (sulfide) groups is 1. The fraction of sp³-hybridized carbons (Fsp3) is 0.450. The Hall–Kier alpha value is -2.50. The molecule has 0 spiro atoms. The van der Waals surface area contributed by atoms with E-state index in [-0.39, 0.29) is 36.1 Å². The van der Waals surface area contributed by atoms with Crippen molar-refractivity contribution in [1.82, 2.24) is 15.1 Å². The number of anilines is 2. The van der Waals surface area contributed by atoms with E-state index in [2.05, 4.69) is 20.8 Å². The number of amides is 3. The molecule has 2 N–H and O–H groups in total. The van der Waals surface area contributed by atoms with E-state index >= 15 is 0 Å². The van der Waals surface area contributed by atoms with Crippen LogP contribution < -0.4 is 10.6 Å². The molecular weight excluding hydrogens is 438 g/mol. The molecule has 9 nitrogen and oxygen atoms in total. The maximum absolute atomic E-state index is 12.5. The topological polar surface area (TPSA) is 114 Å². The lowest BCUT2D eigenvalue weighted by Crippen LogP contribution is -2.33. The zero-order chi connectivity index (χ0) is 22.4. The lowest BCUT2D eigenvalue weighted by molar-refractivity contribution is -0.129. The van der Waals surface area contributed by atoms with Crippen molar-refractivity contribution >= 4 is 51.6 Å². The van der Waals surface area contributed by atoms with Gasteiger partial charge in [-0.1, -0.05) is 23.1 Å². The molecule has 1 aliphatic heterocycles. The molecule has 0 saturated carbocycles. The van der Waals surface area contributed by atoms with Gasteiger partial charge in [-0.25, -0.2) is 0 Å². The highest BCUT2D eigenvalue weighted by Gasteiger charge is 2.35. The molecule has 166 valence electrons. The third-order valence-corrected chi connectivity index (χ3v) is 6.64. The third-order valence-electron chi connectivity index (χ3n) is 4.71. The van der Waals surface area contributed by atoms with E-state index in [0.29, 0.717) is 29.5 Å². The summed E-state index contributed by atoms with van der Waals surface area (Å²) < 4.78 is 5.75. The quantitative estimate of drug-likeness (QED) is 0.334. The zero-order valence-electron chi connectivity index (χ0n) is 17.6. The Morgan fingerprint density at radius 3 is 2.65 bits per heavy atom. The number of rotatable bonds is 9. The molecule has 1 aromatic carbocycles. The summed E-state index contributed by atoms with van der Waals surface area (Å²) in [7, 11) is 1.64. The SMILES string of the molecule is COCCSc1nnc(NC(=O)c2ccc(NC(=O)C3CC(=O)N(C(C)C)C3)cc2)s1. The maximum atomic E-state index is 12.5. The first-order valence-corrected chi connectivity index (χ1v) is 11.6. The average molecular weight is 464 g/mol. The van der Waals surface area contributed by atoms with Crippen molar-refractivity contribution in [3.8, 4) is 0 Å². The van der Waals surface area contributed by atoms with Crippen LogP contribution in [0.25, 0.3) is 0 Å². The van der Waals surface area contributed by atoms with Gasteiger partial charge < -0.3 is 15.0 Å². The number of carbonyl (C=O) groups excluding carboxylic acids is 3. The van der Waals surface area contributed by atoms with Crippen molar-refractivity contribution < 1.29 is 19.1 Å². The fourth-order valence-electron chi connectivity index (χ4n) is 3.06. The summed E-state index contributed by atoms with van der Waals surface area (Å²) >= 11 is 2.81. The number of nitrogens with one attached hydrogen (secondary N) is 2. The largest absolute Gasteiger partial charge is 0.384 e. The molecule has 3 rings (SSSR count). The van der Waals surface area contributed by atoms with Gasteiger partial charge in [-0.3, -0.25) is 19.7 Å². The van der Waals surface area contributed by atoms with E-state index in [1.54, 1.807) is 36.3 Å². The van der Waals surface area contributed by atoms with E-state index in [1.165, 1.54) is 23.1 Å². The van der Waals surface area contributed by atoms with Gasteiger partial charge >= 0.3 is 0 Å². The number of ether oxygens (including phenoxy) is 1. The first-order valence-electron chi connectivity index (χ1n) is 9.84. The number of hydrogen-bond acceptors (Lipinski definition) is 8. The summed E-state index contributed by atoms with van der Waals surface area (Å²) in [5.41, 5.74) is 1.01. The van der Waals surface area contributed by atoms with Crippen molar-refractivity contribution in [3.05, 3.63) is 29.8 Å². The third kappa shape index (κ3) is 6.25. The fourth-order valence-corrected chi connectivity index (χ4v) is 4.77. The van der Waals surface area contributed by atoms with Crippen molar-refractivity contribution in [2.75, 3.05) is 36.6 Å². The van der Waals surface area contributed by atoms with E-state index < -0.39 is 0 Å². The van der Waals surface area contributed by atoms with Gasteiger partial charge in [-0.2, -0.15) is 0 Å². The Bertz CT molecular complexity index is 932. The monoisotopic (exact) mass is 463 g/mol. The van der Waals surface area contributed by atoms with Gasteiger partial charge in [0.25, 0.3) is 5.91 Å². The molecular formula is C20H25N5O4S2. The average Bonchev–Trinajstić information content (AvgIpc) is 3.35. The van der Waals surface area contributed by atoms with Crippen LogP contribution in [0, 0.1) is 5.92 Å². The minimum absolute atomic E-state index is 0.000834. The second-order valence-corrected chi connectivity index (χ2v) is 9.60. The lowest BCUT2D eigenvalue weighted by atomic mass is 10.1. The van der Waals surface area contributed by atoms with Crippen molar-refractivity contribution in [3.63, 3.8) is 0 Å². The van der Waals surface area contributed by atoms with E-state index in [4.69, 9.17) is 4.74 Å². The van der Waals surface area contributed by atoms with Crippen LogP contribution in [-0.2, 0) is 14.3 Å². The van der Waals surface area contributed by atoms with Crippen LogP contribution >= 0.6 is 23.1 Å². The molecule has 1 fully saturated rings. The number of likely N-dealkylation sites (tertiary alicyclic amines) is 1. The molecule has 1 unspecified atom stereocenters. The summed E-state index contributed by atoms with van der Waals surface area (Å²) in [6.07, 6.45) is 0.220. The lowest BCUT2D eigenvalue weighted by Gasteiger charge is -2.20. The van der Waals surface area contributed by atoms with Gasteiger partial charge in [0.05, 0.1) is 12.5 Å². The Labute approximate surface area is 188 Å². The second-order valence-electron chi connectivity index (χ2n) is 7.28. The highest BCUT2D eigenvalue weighted by molar-refractivity contribution is 8.01. The van der Waals surface area contributed by atoms with Crippen LogP contribution in [0.2, 0.25) is 0 Å². The van der Waals surface area contributed by atoms with Crippen LogP contribution in [0.15, 0.2) is 28.6 Å². The molecule has 1 aromatic heterocycles. The predicted molar refractivity (Wildman–Crippen MR) is 120 cm³/mol. The molecule has 0 aliphatic carbocycles. The molecule has 3 amide bonds. The van der Waals surface area contributed by atoms with Crippen LogP contribution in [0.3, 0.4) is 0 Å². The first kappa shape index (κ1) is 23.2. The molecule has 0 bridgehead atoms. The Balaban J connectivity index is 1.52. The molecule has 1 atom stereocenters. The van der Waals surface area contributed by atoms with Gasteiger partial charge in [0.1, 0.15) is 0 Å². The summed E-state index contributed by atoms with van der Waals surface area (Å²) in [4.78, 5) is 38.6. The second kappa shape index (κ2) is 10.7. The predicted octanol–water partition coefficient (Wildman–Crippen LogP) is 2.72. The van der Waals surface area contributed by atoms with Gasteiger partial charge in [0.2, 0.25) is 16.9 Å². The number of hydrogen-bond donors (Lipinski definition) is 2. The molecule has 2 heterocycles. The van der Waals surface area contributed by atoms with Crippen molar-refractivity contribution in [2.24, 2.45) is 5.92 Å². The normalized spacial score (nSPS) is 16.1. The van der Waals surface area contributed by atoms with E-state index in [1.807, 2.05) is 13.8 Å². The van der Waals surface area contributed by atoms with Gasteiger partial charge in [-0.15, -0.1) is 10.2 Å². The van der Waals surface area contributed by atoms with Crippen LogP contribution in [-0.4, -0.2) is 64.9 Å². The van der Waals surface area contributed by atoms with E-state index in [0.717, 1.165) is 10.1 Å². The van der Waals surface area contributed by atoms with Crippen LogP contribution in [0.5, 0.6) is 0 Å². The standard InChI is InChI=1S/C20H25N5O4S2/c1-12(2)25-11-14(10-16(25)26)18(28)21-15-6-4-13(5-7-15)17(27)22-19-23-24-20(31-19)30-9-8-29-3/h4-7,12,14H,8-11H2,1-3H3,(H,21,28)(H,22,23,27). The van der Waals surface area contributed by atoms with Crippen LogP contribution in [0.1, 0.15) is 30.6 Å². The highest BCUT2D eigenvalue weighted by atomic mass is 32.2. The molecule has 1 aliphatic rings. The van der Waals surface area contributed by atoms with Gasteiger partial charge in [-0.05, 0) is 38.1 Å². The maximum Gasteiger partial charge on any atom is 0.257 e. The number of benzene rings is 1. The Morgan fingerprint density at radius 2 is 2.00 bits per heavy atom. The molecule has 31 heavy (non-hydrogen) atoms. The van der Waals surface area contributed by atoms with Crippen LogP contribution in [0.4, 0.5) is 10.8 Å². The van der Waals surface area contributed by atoms with Crippen molar-refractivity contribution in [1.29, 1.82) is 0 Å². The number of nitrogens with zero attached hydrogens (tertiary/aromatic N) is 3. The molecule has 11 heteroatoms. The highest BCUT2D eigenvalue weighted by Crippen LogP contribution is 2.26. The minimum atomic E-state index is -0.369. The van der Waals surface area contributed by atoms with Crippen molar-refractivity contribution in [2.45, 2.75) is 30.6 Å². The molecule has 2 aromatic rings. The minimum Gasteiger partial charge on any atom is -0.384 e. The Morgan fingerprint density at radius 1 is 1.26 bits per heavy atom. The van der Waals surface area contributed by atoms with Gasteiger partial charge in [0, 0.05) is 43.1 Å². The molecule has 0 radical (unpaired) electrons. The van der Waals surface area contributed by atoms with Gasteiger partial charge in [0.15, 0.2) is 4.34 Å². The summed E-state index contributed by atoms with van der Waals surface area (Å²) in [5.74, 6) is -0.112. The Kier molecular flexibility index (Phi) is 7.99. The summed E-state index contributed by atoms with van der Waals surface area (Å²) in [5, 5.41) is 14.0. The summed E-state index contributed by atoms with van der Waals surface area (Å²) in [6, 6.07) is 6.66. The number of methoxy groups -OCH3 is 1. The smallest absolute Gasteiger partial charge is 0.257 e.